The Bertz CT molecular complexity index is 605. The van der Waals surface area contributed by atoms with Crippen LogP contribution in [-0.4, -0.2) is 34.5 Å². The summed E-state index contributed by atoms with van der Waals surface area (Å²) in [6.45, 7) is 0.535. The van der Waals surface area contributed by atoms with Gasteiger partial charge in [-0.1, -0.05) is 29.3 Å². The number of halogens is 2. The second-order valence-electron chi connectivity index (χ2n) is 5.64. The van der Waals surface area contributed by atoms with Gasteiger partial charge in [0.15, 0.2) is 0 Å². The molecule has 0 bridgehead atoms. The van der Waals surface area contributed by atoms with E-state index in [1.54, 1.807) is 12.1 Å². The minimum absolute atomic E-state index is 0.0593. The lowest BCUT2D eigenvalue weighted by Gasteiger charge is -2.21. The molecule has 1 saturated heterocycles. The van der Waals surface area contributed by atoms with Crippen LogP contribution in [0.4, 0.5) is 0 Å². The van der Waals surface area contributed by atoms with Crippen molar-refractivity contribution in [3.05, 3.63) is 33.8 Å². The molecule has 0 radical (unpaired) electrons. The molecule has 2 unspecified atom stereocenters. The van der Waals surface area contributed by atoms with E-state index in [2.05, 4.69) is 0 Å². The van der Waals surface area contributed by atoms with Gasteiger partial charge in [-0.3, -0.25) is 4.79 Å². The fraction of sp³-hybridized carbons (Fsp3) is 0.467. The Kier molecular flexibility index (Phi) is 3.84. The molecule has 1 aliphatic carbocycles. The highest BCUT2D eigenvalue weighted by Gasteiger charge is 2.49. The number of likely N-dealkylation sites (tertiary alicyclic amines) is 1. The molecular formula is C15H15Cl2NO3. The quantitative estimate of drug-likeness (QED) is 0.927. The molecule has 1 N–H and O–H groups in total. The molecule has 3 rings (SSSR count). The molecule has 1 amide bonds. The zero-order valence-corrected chi connectivity index (χ0v) is 12.8. The van der Waals surface area contributed by atoms with Crippen molar-refractivity contribution >= 4 is 35.1 Å². The molecular weight excluding hydrogens is 313 g/mol. The first-order valence-corrected chi connectivity index (χ1v) is 7.73. The second-order valence-corrected chi connectivity index (χ2v) is 6.49. The van der Waals surface area contributed by atoms with Gasteiger partial charge in [0.1, 0.15) is 6.04 Å². The zero-order valence-electron chi connectivity index (χ0n) is 11.3. The summed E-state index contributed by atoms with van der Waals surface area (Å²) in [4.78, 5) is 25.2. The van der Waals surface area contributed by atoms with Gasteiger partial charge in [-0.2, -0.15) is 0 Å². The summed E-state index contributed by atoms with van der Waals surface area (Å²) < 4.78 is 0. The van der Waals surface area contributed by atoms with Crippen LogP contribution in [-0.2, 0) is 9.59 Å². The SMILES string of the molecule is O=C(O)[C@@H]1CCCN1C(=O)C1CC1c1ccc(Cl)cc1Cl. The minimum Gasteiger partial charge on any atom is -0.480 e. The molecule has 6 heteroatoms. The molecule has 3 atom stereocenters. The van der Waals surface area contributed by atoms with Crippen molar-refractivity contribution in [2.24, 2.45) is 5.92 Å². The molecule has 4 nitrogen and oxygen atoms in total. The molecule has 1 heterocycles. The van der Waals surface area contributed by atoms with Crippen molar-refractivity contribution in [3.8, 4) is 0 Å². The van der Waals surface area contributed by atoms with Gasteiger partial charge >= 0.3 is 5.97 Å². The van der Waals surface area contributed by atoms with Gasteiger partial charge in [-0.05, 0) is 42.9 Å². The number of aliphatic carboxylic acids is 1. The minimum atomic E-state index is -0.914. The van der Waals surface area contributed by atoms with Crippen LogP contribution >= 0.6 is 23.2 Å². The first-order chi connectivity index (χ1) is 9.99. The summed E-state index contributed by atoms with van der Waals surface area (Å²) in [7, 11) is 0. The highest BCUT2D eigenvalue weighted by Crippen LogP contribution is 2.51. The van der Waals surface area contributed by atoms with Gasteiger partial charge < -0.3 is 10.0 Å². The van der Waals surface area contributed by atoms with E-state index in [0.717, 1.165) is 18.4 Å². The maximum atomic E-state index is 12.5. The van der Waals surface area contributed by atoms with Crippen LogP contribution in [0.2, 0.25) is 10.0 Å². The highest BCUT2D eigenvalue weighted by molar-refractivity contribution is 6.35. The van der Waals surface area contributed by atoms with Gasteiger partial charge in [-0.15, -0.1) is 0 Å². The number of rotatable bonds is 3. The lowest BCUT2D eigenvalue weighted by molar-refractivity contribution is -0.148. The molecule has 1 aliphatic heterocycles. The van der Waals surface area contributed by atoms with E-state index in [9.17, 15) is 9.59 Å². The van der Waals surface area contributed by atoms with Gasteiger partial charge in [0.05, 0.1) is 0 Å². The molecule has 21 heavy (non-hydrogen) atoms. The number of benzene rings is 1. The van der Waals surface area contributed by atoms with Gasteiger partial charge in [0, 0.05) is 22.5 Å². The third-order valence-corrected chi connectivity index (χ3v) is 4.85. The molecule has 2 fully saturated rings. The third-order valence-electron chi connectivity index (χ3n) is 4.29. The summed E-state index contributed by atoms with van der Waals surface area (Å²) in [6, 6.07) is 4.62. The molecule has 0 aromatic heterocycles. The number of hydrogen-bond donors (Lipinski definition) is 1. The second kappa shape index (κ2) is 5.50. The van der Waals surface area contributed by atoms with Crippen molar-refractivity contribution in [3.63, 3.8) is 0 Å². The van der Waals surface area contributed by atoms with Crippen molar-refractivity contribution in [1.82, 2.24) is 4.90 Å². The summed E-state index contributed by atoms with van der Waals surface area (Å²) in [5.41, 5.74) is 0.922. The molecule has 1 aromatic rings. The first-order valence-electron chi connectivity index (χ1n) is 6.97. The van der Waals surface area contributed by atoms with Gasteiger partial charge in [-0.25, -0.2) is 4.79 Å². The van der Waals surface area contributed by atoms with Crippen molar-refractivity contribution in [1.29, 1.82) is 0 Å². The zero-order chi connectivity index (χ0) is 15.1. The predicted octanol–water partition coefficient (Wildman–Crippen LogP) is 3.17. The third kappa shape index (κ3) is 2.74. The number of nitrogens with zero attached hydrogens (tertiary/aromatic N) is 1. The van der Waals surface area contributed by atoms with Crippen LogP contribution in [0.25, 0.3) is 0 Å². The predicted molar refractivity (Wildman–Crippen MR) is 79.7 cm³/mol. The van der Waals surface area contributed by atoms with Crippen LogP contribution in [0.1, 0.15) is 30.7 Å². The summed E-state index contributed by atoms with van der Waals surface area (Å²) >= 11 is 12.0. The van der Waals surface area contributed by atoms with E-state index in [0.29, 0.717) is 23.0 Å². The Morgan fingerprint density at radius 3 is 2.71 bits per heavy atom. The van der Waals surface area contributed by atoms with Crippen LogP contribution in [0, 0.1) is 5.92 Å². The summed E-state index contributed by atoms with van der Waals surface area (Å²) in [5, 5.41) is 10.3. The molecule has 1 saturated carbocycles. The molecule has 2 aliphatic rings. The number of carbonyl (C=O) groups excluding carboxylic acids is 1. The van der Waals surface area contributed by atoms with Crippen molar-refractivity contribution < 1.29 is 14.7 Å². The highest BCUT2D eigenvalue weighted by atomic mass is 35.5. The average molecular weight is 328 g/mol. The van der Waals surface area contributed by atoms with Crippen LogP contribution in [0.5, 0.6) is 0 Å². The average Bonchev–Trinajstić information content (AvgIpc) is 3.04. The van der Waals surface area contributed by atoms with Gasteiger partial charge in [0.25, 0.3) is 0 Å². The summed E-state index contributed by atoms with van der Waals surface area (Å²) in [6.07, 6.45) is 2.02. The number of amides is 1. The normalized spacial score (nSPS) is 27.7. The lowest BCUT2D eigenvalue weighted by atomic mass is 10.1. The van der Waals surface area contributed by atoms with E-state index in [1.807, 2.05) is 6.07 Å². The number of hydrogen-bond acceptors (Lipinski definition) is 2. The molecule has 112 valence electrons. The van der Waals surface area contributed by atoms with E-state index in [1.165, 1.54) is 4.90 Å². The van der Waals surface area contributed by atoms with Crippen molar-refractivity contribution in [2.75, 3.05) is 6.54 Å². The molecule has 0 spiro atoms. The Balaban J connectivity index is 1.72. The maximum absolute atomic E-state index is 12.5. The van der Waals surface area contributed by atoms with E-state index >= 15 is 0 Å². The van der Waals surface area contributed by atoms with Crippen LogP contribution < -0.4 is 0 Å². The number of carbonyl (C=O) groups is 2. The maximum Gasteiger partial charge on any atom is 0.326 e. The first kappa shape index (κ1) is 14.7. The van der Waals surface area contributed by atoms with E-state index < -0.39 is 12.0 Å². The standard InChI is InChI=1S/C15H15Cl2NO3/c16-8-3-4-9(12(17)6-8)10-7-11(10)14(19)18-5-1-2-13(18)15(20)21/h3-4,6,10-11,13H,1-2,5,7H2,(H,20,21)/t10?,11?,13-/m0/s1. The smallest absolute Gasteiger partial charge is 0.326 e. The fourth-order valence-corrected chi connectivity index (χ4v) is 3.66. The Morgan fingerprint density at radius 2 is 2.05 bits per heavy atom. The van der Waals surface area contributed by atoms with Crippen LogP contribution in [0.3, 0.4) is 0 Å². The monoisotopic (exact) mass is 327 g/mol. The Morgan fingerprint density at radius 1 is 1.29 bits per heavy atom. The Hall–Kier alpha value is -1.26. The van der Waals surface area contributed by atoms with E-state index in [-0.39, 0.29) is 17.7 Å². The van der Waals surface area contributed by atoms with E-state index in [4.69, 9.17) is 28.3 Å². The van der Waals surface area contributed by atoms with Gasteiger partial charge in [0.2, 0.25) is 5.91 Å². The summed E-state index contributed by atoms with van der Waals surface area (Å²) in [5.74, 6) is -1.04. The topological polar surface area (TPSA) is 57.6 Å². The number of carboxylic acid groups (broad SMARTS) is 1. The fourth-order valence-electron chi connectivity index (χ4n) is 3.11. The largest absolute Gasteiger partial charge is 0.480 e. The van der Waals surface area contributed by atoms with Crippen LogP contribution in [0.15, 0.2) is 18.2 Å². The Labute approximate surface area is 132 Å². The number of carboxylic acids is 1. The van der Waals surface area contributed by atoms with Crippen molar-refractivity contribution in [2.45, 2.75) is 31.2 Å². The lowest BCUT2D eigenvalue weighted by Crippen LogP contribution is -2.41. The molecule has 1 aromatic carbocycles.